The topological polar surface area (TPSA) is 12.0 Å². The van der Waals surface area contributed by atoms with Gasteiger partial charge < -0.3 is 5.32 Å². The molecule has 1 N–H and O–H groups in total. The van der Waals surface area contributed by atoms with Gasteiger partial charge in [0.25, 0.3) is 0 Å². The number of hydrogen-bond donors (Lipinski definition) is 1. The van der Waals surface area contributed by atoms with Crippen LogP contribution in [0.4, 0.5) is 0 Å². The standard InChI is InChI=1S/C12H25N/c1-5-9(2)11(4)12-8-6-7-10(3)13-12/h9-13H,5-8H2,1-4H3. The molecule has 0 saturated carbocycles. The van der Waals surface area contributed by atoms with Gasteiger partial charge in [-0.3, -0.25) is 0 Å². The smallest absolute Gasteiger partial charge is 0.00977 e. The van der Waals surface area contributed by atoms with Gasteiger partial charge in [-0.1, -0.05) is 33.6 Å². The van der Waals surface area contributed by atoms with Crippen molar-refractivity contribution < 1.29 is 0 Å². The van der Waals surface area contributed by atoms with Crippen LogP contribution in [-0.4, -0.2) is 12.1 Å². The fourth-order valence-electron chi connectivity index (χ4n) is 2.36. The monoisotopic (exact) mass is 183 g/mol. The lowest BCUT2D eigenvalue weighted by molar-refractivity contribution is 0.214. The molecule has 0 radical (unpaired) electrons. The first-order valence-corrected chi connectivity index (χ1v) is 5.91. The molecule has 0 spiro atoms. The molecule has 0 aliphatic carbocycles. The minimum atomic E-state index is 0.741. The molecule has 1 heteroatoms. The second-order valence-electron chi connectivity index (χ2n) is 4.85. The van der Waals surface area contributed by atoms with E-state index in [1.807, 2.05) is 0 Å². The van der Waals surface area contributed by atoms with Crippen molar-refractivity contribution in [1.82, 2.24) is 5.32 Å². The largest absolute Gasteiger partial charge is 0.311 e. The van der Waals surface area contributed by atoms with Crippen LogP contribution >= 0.6 is 0 Å². The molecule has 0 aromatic heterocycles. The Kier molecular flexibility index (Phi) is 4.24. The van der Waals surface area contributed by atoms with E-state index in [2.05, 4.69) is 33.0 Å². The summed E-state index contributed by atoms with van der Waals surface area (Å²) in [7, 11) is 0. The Morgan fingerprint density at radius 1 is 1.31 bits per heavy atom. The number of piperidine rings is 1. The Bertz CT molecular complexity index is 144. The average molecular weight is 183 g/mol. The number of hydrogen-bond acceptors (Lipinski definition) is 1. The third-order valence-corrected chi connectivity index (χ3v) is 3.83. The van der Waals surface area contributed by atoms with Gasteiger partial charge in [-0.25, -0.2) is 0 Å². The lowest BCUT2D eigenvalue weighted by Crippen LogP contribution is -2.45. The van der Waals surface area contributed by atoms with Gasteiger partial charge in [0.05, 0.1) is 0 Å². The van der Waals surface area contributed by atoms with Crippen molar-refractivity contribution in [2.45, 2.75) is 65.5 Å². The second-order valence-corrected chi connectivity index (χ2v) is 4.85. The van der Waals surface area contributed by atoms with Gasteiger partial charge in [0.1, 0.15) is 0 Å². The first-order valence-electron chi connectivity index (χ1n) is 5.91. The average Bonchev–Trinajstić information content (AvgIpc) is 2.15. The number of rotatable bonds is 3. The van der Waals surface area contributed by atoms with E-state index in [1.54, 1.807) is 0 Å². The van der Waals surface area contributed by atoms with Crippen LogP contribution in [0, 0.1) is 11.8 Å². The zero-order chi connectivity index (χ0) is 9.84. The first-order chi connectivity index (χ1) is 6.15. The zero-order valence-corrected chi connectivity index (χ0v) is 9.64. The van der Waals surface area contributed by atoms with Gasteiger partial charge in [-0.2, -0.15) is 0 Å². The molecule has 13 heavy (non-hydrogen) atoms. The van der Waals surface area contributed by atoms with Crippen molar-refractivity contribution in [3.8, 4) is 0 Å². The molecule has 1 aliphatic rings. The molecule has 0 aromatic carbocycles. The molecule has 0 aromatic rings. The summed E-state index contributed by atoms with van der Waals surface area (Å²) in [5.74, 6) is 1.70. The van der Waals surface area contributed by atoms with Gasteiger partial charge in [0.15, 0.2) is 0 Å². The van der Waals surface area contributed by atoms with E-state index in [1.165, 1.54) is 25.7 Å². The predicted octanol–water partition coefficient (Wildman–Crippen LogP) is 3.20. The lowest BCUT2D eigenvalue weighted by Gasteiger charge is -2.35. The lowest BCUT2D eigenvalue weighted by atomic mass is 9.82. The summed E-state index contributed by atoms with van der Waals surface area (Å²) in [4.78, 5) is 0. The Labute approximate surface area is 83.3 Å². The molecule has 1 nitrogen and oxygen atoms in total. The van der Waals surface area contributed by atoms with Gasteiger partial charge >= 0.3 is 0 Å². The van der Waals surface area contributed by atoms with Crippen molar-refractivity contribution in [2.75, 3.05) is 0 Å². The highest BCUT2D eigenvalue weighted by molar-refractivity contribution is 4.83. The van der Waals surface area contributed by atoms with Gasteiger partial charge in [-0.15, -0.1) is 0 Å². The van der Waals surface area contributed by atoms with E-state index in [0.29, 0.717) is 0 Å². The summed E-state index contributed by atoms with van der Waals surface area (Å²) < 4.78 is 0. The fourth-order valence-corrected chi connectivity index (χ4v) is 2.36. The van der Waals surface area contributed by atoms with E-state index >= 15 is 0 Å². The molecule has 0 bridgehead atoms. The van der Waals surface area contributed by atoms with Crippen molar-refractivity contribution in [3.05, 3.63) is 0 Å². The predicted molar refractivity (Wildman–Crippen MR) is 58.9 cm³/mol. The normalized spacial score (nSPS) is 34.2. The highest BCUT2D eigenvalue weighted by atomic mass is 15.0. The molecule has 1 fully saturated rings. The molecule has 1 heterocycles. The minimum absolute atomic E-state index is 0.741. The van der Waals surface area contributed by atoms with Crippen molar-refractivity contribution in [1.29, 1.82) is 0 Å². The third-order valence-electron chi connectivity index (χ3n) is 3.83. The van der Waals surface area contributed by atoms with Gasteiger partial charge in [0.2, 0.25) is 0 Å². The van der Waals surface area contributed by atoms with Crippen molar-refractivity contribution in [3.63, 3.8) is 0 Å². The summed E-state index contributed by atoms with van der Waals surface area (Å²) in [6.07, 6.45) is 5.48. The highest BCUT2D eigenvalue weighted by Gasteiger charge is 2.25. The van der Waals surface area contributed by atoms with Crippen molar-refractivity contribution >= 4 is 0 Å². The maximum Gasteiger partial charge on any atom is 0.00977 e. The Morgan fingerprint density at radius 2 is 2.00 bits per heavy atom. The molecule has 4 unspecified atom stereocenters. The van der Waals surface area contributed by atoms with Gasteiger partial charge in [-0.05, 0) is 31.6 Å². The van der Waals surface area contributed by atoms with Crippen LogP contribution < -0.4 is 5.32 Å². The maximum atomic E-state index is 3.73. The van der Waals surface area contributed by atoms with E-state index in [4.69, 9.17) is 0 Å². The van der Waals surface area contributed by atoms with E-state index in [9.17, 15) is 0 Å². The molecular weight excluding hydrogens is 158 g/mol. The van der Waals surface area contributed by atoms with Crippen LogP contribution in [-0.2, 0) is 0 Å². The van der Waals surface area contributed by atoms with Crippen LogP contribution in [0.1, 0.15) is 53.4 Å². The summed E-state index contributed by atoms with van der Waals surface area (Å²) in [6.45, 7) is 9.40. The molecular formula is C12H25N. The van der Waals surface area contributed by atoms with Crippen LogP contribution in [0.2, 0.25) is 0 Å². The summed E-state index contributed by atoms with van der Waals surface area (Å²) in [5.41, 5.74) is 0. The maximum absolute atomic E-state index is 3.73. The van der Waals surface area contributed by atoms with Crippen LogP contribution in [0.5, 0.6) is 0 Å². The van der Waals surface area contributed by atoms with Crippen LogP contribution in [0.25, 0.3) is 0 Å². The molecule has 78 valence electrons. The highest BCUT2D eigenvalue weighted by Crippen LogP contribution is 2.25. The molecule has 0 amide bonds. The Balaban J connectivity index is 2.41. The Hall–Kier alpha value is -0.0400. The quantitative estimate of drug-likeness (QED) is 0.708. The first kappa shape index (κ1) is 11.0. The third kappa shape index (κ3) is 2.98. The SMILES string of the molecule is CCC(C)C(C)C1CCCC(C)N1. The zero-order valence-electron chi connectivity index (χ0n) is 9.64. The number of nitrogens with one attached hydrogen (secondary N) is 1. The summed E-state index contributed by atoms with van der Waals surface area (Å²) in [6, 6.07) is 1.52. The molecule has 4 atom stereocenters. The van der Waals surface area contributed by atoms with E-state index in [-0.39, 0.29) is 0 Å². The fraction of sp³-hybridized carbons (Fsp3) is 1.00. The van der Waals surface area contributed by atoms with Crippen LogP contribution in [0.15, 0.2) is 0 Å². The van der Waals surface area contributed by atoms with Crippen molar-refractivity contribution in [2.24, 2.45) is 11.8 Å². The Morgan fingerprint density at radius 3 is 2.54 bits per heavy atom. The molecule has 1 aliphatic heterocycles. The second kappa shape index (κ2) is 4.99. The van der Waals surface area contributed by atoms with Gasteiger partial charge in [0, 0.05) is 12.1 Å². The van der Waals surface area contributed by atoms with E-state index in [0.717, 1.165) is 23.9 Å². The minimum Gasteiger partial charge on any atom is -0.311 e. The molecule has 1 saturated heterocycles. The summed E-state index contributed by atoms with van der Waals surface area (Å²) in [5, 5.41) is 3.73. The summed E-state index contributed by atoms with van der Waals surface area (Å²) >= 11 is 0. The van der Waals surface area contributed by atoms with Crippen LogP contribution in [0.3, 0.4) is 0 Å². The van der Waals surface area contributed by atoms with E-state index < -0.39 is 0 Å². The molecule has 1 rings (SSSR count).